The molecule has 11 aromatic rings. The number of hydrogen-bond donors (Lipinski definition) is 0. The van der Waals surface area contributed by atoms with E-state index in [4.69, 9.17) is 9.97 Å². The van der Waals surface area contributed by atoms with E-state index in [-0.39, 0.29) is 0 Å². The van der Waals surface area contributed by atoms with Crippen LogP contribution in [0.25, 0.3) is 92.0 Å². The summed E-state index contributed by atoms with van der Waals surface area (Å²) < 4.78 is 4.63. The van der Waals surface area contributed by atoms with E-state index in [1.165, 1.54) is 70.4 Å². The molecule has 3 nitrogen and oxygen atoms in total. The molecule has 0 radical (unpaired) electrons. The van der Waals surface area contributed by atoms with Crippen molar-refractivity contribution in [2.24, 2.45) is 0 Å². The van der Waals surface area contributed by atoms with Gasteiger partial charge in [-0.05, 0) is 79.2 Å². The van der Waals surface area contributed by atoms with Crippen molar-refractivity contribution in [2.75, 3.05) is 0 Å². The fourth-order valence-corrected chi connectivity index (χ4v) is 10.0. The van der Waals surface area contributed by atoms with Gasteiger partial charge in [-0.2, -0.15) is 0 Å². The van der Waals surface area contributed by atoms with Gasteiger partial charge in [0.25, 0.3) is 0 Å². The van der Waals surface area contributed by atoms with Crippen LogP contribution in [0.5, 0.6) is 0 Å². The second-order valence-corrected chi connectivity index (χ2v) is 15.1. The predicted octanol–water partition coefficient (Wildman–Crippen LogP) is 13.2. The Labute approximate surface area is 314 Å². The third kappa shape index (κ3) is 4.17. The first-order valence-corrected chi connectivity index (χ1v) is 19.2. The molecule has 0 bridgehead atoms. The Morgan fingerprint density at radius 1 is 0.426 bits per heavy atom. The molecule has 3 heterocycles. The molecule has 0 N–H and O–H groups in total. The van der Waals surface area contributed by atoms with Gasteiger partial charge in [0.1, 0.15) is 0 Å². The number of benzene rings is 8. The second-order valence-electron chi connectivity index (χ2n) is 14.1. The summed E-state index contributed by atoms with van der Waals surface area (Å²) in [7, 11) is 0. The lowest BCUT2D eigenvalue weighted by atomic mass is 9.85. The number of aromatic nitrogens is 3. The van der Waals surface area contributed by atoms with Crippen LogP contribution in [0.4, 0.5) is 0 Å². The number of rotatable bonds is 4. The normalized spacial score (nSPS) is 12.7. The molecule has 0 fully saturated rings. The van der Waals surface area contributed by atoms with Crippen molar-refractivity contribution in [1.29, 1.82) is 0 Å². The fraction of sp³-hybridized carbons (Fsp3) is 0. The Morgan fingerprint density at radius 3 is 1.85 bits per heavy atom. The summed E-state index contributed by atoms with van der Waals surface area (Å²) in [5.41, 5.74) is 12.5. The monoisotopic (exact) mass is 703 g/mol. The molecule has 1 aliphatic carbocycles. The van der Waals surface area contributed by atoms with Gasteiger partial charge in [0.15, 0.2) is 0 Å². The van der Waals surface area contributed by atoms with Gasteiger partial charge >= 0.3 is 0 Å². The van der Waals surface area contributed by atoms with E-state index in [2.05, 4.69) is 180 Å². The summed E-state index contributed by atoms with van der Waals surface area (Å²) in [6, 6.07) is 63.7. The maximum absolute atomic E-state index is 5.56. The summed E-state index contributed by atoms with van der Waals surface area (Å²) in [6.45, 7) is 0. The molecular formula is C50H29N3S. The Kier molecular flexibility index (Phi) is 6.21. The third-order valence-electron chi connectivity index (χ3n) is 11.1. The number of thiophene rings is 1. The van der Waals surface area contributed by atoms with Crippen molar-refractivity contribution in [1.82, 2.24) is 14.5 Å². The maximum atomic E-state index is 5.56. The topological polar surface area (TPSA) is 30.7 Å². The number of nitrogens with zero attached hydrogens (tertiary/aromatic N) is 3. The summed E-state index contributed by atoms with van der Waals surface area (Å²) >= 11 is 1.77. The smallest absolute Gasteiger partial charge is 0.235 e. The van der Waals surface area contributed by atoms with Crippen LogP contribution in [0.15, 0.2) is 176 Å². The molecule has 0 saturated heterocycles. The zero-order valence-corrected chi connectivity index (χ0v) is 29.8. The zero-order valence-electron chi connectivity index (χ0n) is 29.0. The highest BCUT2D eigenvalue weighted by atomic mass is 32.1. The van der Waals surface area contributed by atoms with Crippen molar-refractivity contribution < 1.29 is 0 Å². The van der Waals surface area contributed by atoms with Gasteiger partial charge < -0.3 is 0 Å². The SMILES string of the molecule is c1ccc(C2=C(c3ccccc3)c3cccc4c3c3c5c2cccc5ccc3n4-c2nc(-c3ccc4ccccc4c3)c3sc4ccccc4c3n2)cc1. The molecule has 1 aliphatic rings. The average molecular weight is 704 g/mol. The van der Waals surface area contributed by atoms with E-state index in [0.717, 1.165) is 37.9 Å². The molecule has 4 heteroatoms. The first-order valence-electron chi connectivity index (χ1n) is 18.3. The van der Waals surface area contributed by atoms with Crippen LogP contribution in [0, 0.1) is 0 Å². The van der Waals surface area contributed by atoms with Gasteiger partial charge in [-0.3, -0.25) is 4.57 Å². The maximum Gasteiger partial charge on any atom is 0.235 e. The minimum absolute atomic E-state index is 0.678. The zero-order chi connectivity index (χ0) is 35.3. The van der Waals surface area contributed by atoms with E-state index in [1.54, 1.807) is 11.3 Å². The number of hydrogen-bond acceptors (Lipinski definition) is 3. The van der Waals surface area contributed by atoms with Gasteiger partial charge in [-0.25, -0.2) is 9.97 Å². The molecule has 0 aliphatic heterocycles. The van der Waals surface area contributed by atoms with Crippen LogP contribution in [0.1, 0.15) is 22.3 Å². The van der Waals surface area contributed by atoms with Crippen LogP contribution in [0.2, 0.25) is 0 Å². The van der Waals surface area contributed by atoms with Crippen LogP contribution in [-0.4, -0.2) is 14.5 Å². The van der Waals surface area contributed by atoms with Crippen molar-refractivity contribution in [3.8, 4) is 17.2 Å². The summed E-state index contributed by atoms with van der Waals surface area (Å²) in [4.78, 5) is 11.1. The molecule has 12 rings (SSSR count). The van der Waals surface area contributed by atoms with E-state index >= 15 is 0 Å². The van der Waals surface area contributed by atoms with E-state index in [1.807, 2.05) is 0 Å². The molecule has 3 aromatic heterocycles. The van der Waals surface area contributed by atoms with E-state index < -0.39 is 0 Å². The first-order chi connectivity index (χ1) is 26.8. The second kappa shape index (κ2) is 11.3. The van der Waals surface area contributed by atoms with Crippen molar-refractivity contribution in [3.63, 3.8) is 0 Å². The minimum Gasteiger partial charge on any atom is -0.278 e. The third-order valence-corrected chi connectivity index (χ3v) is 12.3. The first kappa shape index (κ1) is 29.7. The van der Waals surface area contributed by atoms with Crippen molar-refractivity contribution in [2.45, 2.75) is 0 Å². The van der Waals surface area contributed by atoms with Crippen LogP contribution < -0.4 is 0 Å². The summed E-state index contributed by atoms with van der Waals surface area (Å²) in [6.07, 6.45) is 0. The lowest BCUT2D eigenvalue weighted by Gasteiger charge is -2.19. The Morgan fingerprint density at radius 2 is 1.06 bits per heavy atom. The molecule has 8 aromatic carbocycles. The van der Waals surface area contributed by atoms with Gasteiger partial charge in [0.05, 0.1) is 26.9 Å². The standard InChI is InChI=1S/C50H29N3S/c1-3-14-31(15-4-1)42-37-21-11-19-33-27-28-40-46(44(33)37)45-38(43(42)32-16-5-2-6-17-32)22-12-23-39(45)53(40)50-51-47(35-26-25-30-13-7-8-18-34(30)29-35)49-48(52-50)36-20-9-10-24-41(36)54-49/h1-29H. The van der Waals surface area contributed by atoms with Gasteiger partial charge in [0.2, 0.25) is 5.95 Å². The summed E-state index contributed by atoms with van der Waals surface area (Å²) in [5.74, 6) is 0.678. The van der Waals surface area contributed by atoms with E-state index in [9.17, 15) is 0 Å². The van der Waals surface area contributed by atoms with Gasteiger partial charge in [0, 0.05) is 26.4 Å². The quantitative estimate of drug-likeness (QED) is 0.183. The Bertz CT molecular complexity index is 3370. The molecule has 0 unspecified atom stereocenters. The van der Waals surface area contributed by atoms with Crippen LogP contribution in [-0.2, 0) is 0 Å². The van der Waals surface area contributed by atoms with Crippen LogP contribution in [0.3, 0.4) is 0 Å². The number of fused-ring (bicyclic) bond motifs is 4. The predicted molar refractivity (Wildman–Crippen MR) is 228 cm³/mol. The molecule has 54 heavy (non-hydrogen) atoms. The van der Waals surface area contributed by atoms with E-state index in [0.29, 0.717) is 5.95 Å². The Balaban J connectivity index is 1.25. The average Bonchev–Trinajstić information content (AvgIpc) is 3.74. The lowest BCUT2D eigenvalue weighted by molar-refractivity contribution is 1.02. The highest BCUT2D eigenvalue weighted by Crippen LogP contribution is 2.50. The summed E-state index contributed by atoms with van der Waals surface area (Å²) in [5, 5.41) is 8.50. The highest BCUT2D eigenvalue weighted by molar-refractivity contribution is 7.26. The van der Waals surface area contributed by atoms with Crippen molar-refractivity contribution in [3.05, 3.63) is 198 Å². The van der Waals surface area contributed by atoms with Gasteiger partial charge in [-0.15, -0.1) is 11.3 Å². The van der Waals surface area contributed by atoms with Crippen LogP contribution >= 0.6 is 11.3 Å². The molecule has 0 atom stereocenters. The molecule has 250 valence electrons. The molecule has 0 amide bonds. The lowest BCUT2D eigenvalue weighted by Crippen LogP contribution is -2.03. The highest BCUT2D eigenvalue weighted by Gasteiger charge is 2.29. The minimum atomic E-state index is 0.678. The van der Waals surface area contributed by atoms with Crippen molar-refractivity contribution >= 4 is 86.1 Å². The Hall–Kier alpha value is -6.88. The fourth-order valence-electron chi connectivity index (χ4n) is 8.85. The van der Waals surface area contributed by atoms with Gasteiger partial charge in [-0.1, -0.05) is 152 Å². The largest absolute Gasteiger partial charge is 0.278 e. The molecular weight excluding hydrogens is 675 g/mol. The molecule has 0 saturated carbocycles. The molecule has 0 spiro atoms.